The zero-order chi connectivity index (χ0) is 13.2. The van der Waals surface area contributed by atoms with E-state index in [9.17, 15) is 22.0 Å². The van der Waals surface area contributed by atoms with Gasteiger partial charge in [0.25, 0.3) is 6.43 Å². The molecule has 0 radical (unpaired) electrons. The van der Waals surface area contributed by atoms with Crippen molar-refractivity contribution in [1.29, 1.82) is 0 Å². The summed E-state index contributed by atoms with van der Waals surface area (Å²) in [6, 6.07) is 0.772. The van der Waals surface area contributed by atoms with Crippen molar-refractivity contribution in [2.75, 3.05) is 7.11 Å². The molecule has 0 aliphatic heterocycles. The van der Waals surface area contributed by atoms with Crippen LogP contribution in [0.4, 0.5) is 22.0 Å². The molecule has 0 saturated carbocycles. The van der Waals surface area contributed by atoms with Crippen molar-refractivity contribution < 1.29 is 31.4 Å². The monoisotopic (exact) mass is 257 g/mol. The van der Waals surface area contributed by atoms with E-state index in [1.54, 1.807) is 0 Å². The van der Waals surface area contributed by atoms with E-state index >= 15 is 0 Å². The van der Waals surface area contributed by atoms with Crippen molar-refractivity contribution in [2.45, 2.75) is 19.7 Å². The summed E-state index contributed by atoms with van der Waals surface area (Å²) in [6.07, 6.45) is -8.22. The van der Waals surface area contributed by atoms with Gasteiger partial charge in [-0.15, -0.1) is 13.2 Å². The Balaban J connectivity index is 3.23. The second-order valence-electron chi connectivity index (χ2n) is 3.02. The first-order valence-corrected chi connectivity index (χ1v) is 4.34. The Morgan fingerprint density at radius 3 is 2.29 bits per heavy atom. The highest BCUT2D eigenvalue weighted by atomic mass is 19.4. The van der Waals surface area contributed by atoms with E-state index in [0.29, 0.717) is 0 Å². The van der Waals surface area contributed by atoms with E-state index < -0.39 is 24.2 Å². The van der Waals surface area contributed by atoms with E-state index in [4.69, 9.17) is 0 Å². The summed E-state index contributed by atoms with van der Waals surface area (Å²) in [6.45, 7) is 1.32. The third-order valence-electron chi connectivity index (χ3n) is 1.83. The van der Waals surface area contributed by atoms with Gasteiger partial charge in [0.1, 0.15) is 5.75 Å². The molecular weight excluding hydrogens is 249 g/mol. The van der Waals surface area contributed by atoms with Crippen molar-refractivity contribution in [3.05, 3.63) is 17.3 Å². The highest BCUT2D eigenvalue weighted by Gasteiger charge is 2.34. The summed E-state index contributed by atoms with van der Waals surface area (Å²) in [4.78, 5) is 3.30. The lowest BCUT2D eigenvalue weighted by atomic mass is 10.2. The fraction of sp³-hybridized carbons (Fsp3) is 0.444. The molecule has 8 heteroatoms. The molecule has 0 N–H and O–H groups in total. The molecule has 96 valence electrons. The maximum Gasteiger partial charge on any atom is 0.574 e. The number of rotatable bonds is 3. The van der Waals surface area contributed by atoms with Crippen LogP contribution in [-0.4, -0.2) is 18.5 Å². The molecule has 0 fully saturated rings. The van der Waals surface area contributed by atoms with Crippen LogP contribution in [0.2, 0.25) is 0 Å². The molecule has 0 unspecified atom stereocenters. The SMILES string of the molecule is COc1cc(C(F)F)c(OC(F)(F)F)nc1C. The minimum absolute atomic E-state index is 0.0242. The molecule has 1 aromatic heterocycles. The first-order valence-electron chi connectivity index (χ1n) is 4.34. The molecule has 1 rings (SSSR count). The lowest BCUT2D eigenvalue weighted by Crippen LogP contribution is -2.19. The molecule has 0 aliphatic rings. The Morgan fingerprint density at radius 2 is 1.88 bits per heavy atom. The van der Waals surface area contributed by atoms with Gasteiger partial charge in [-0.3, -0.25) is 0 Å². The van der Waals surface area contributed by atoms with Crippen molar-refractivity contribution >= 4 is 0 Å². The summed E-state index contributed by atoms with van der Waals surface area (Å²) in [7, 11) is 1.20. The van der Waals surface area contributed by atoms with Gasteiger partial charge in [-0.2, -0.15) is 0 Å². The van der Waals surface area contributed by atoms with E-state index in [0.717, 1.165) is 6.07 Å². The van der Waals surface area contributed by atoms with Crippen LogP contribution in [0.3, 0.4) is 0 Å². The number of aromatic nitrogens is 1. The first kappa shape index (κ1) is 13.5. The Morgan fingerprint density at radius 1 is 1.29 bits per heavy atom. The first-order chi connectivity index (χ1) is 7.74. The van der Waals surface area contributed by atoms with Crippen molar-refractivity contribution in [3.63, 3.8) is 0 Å². The lowest BCUT2D eigenvalue weighted by Gasteiger charge is -2.14. The average Bonchev–Trinajstić information content (AvgIpc) is 2.14. The zero-order valence-electron chi connectivity index (χ0n) is 8.81. The summed E-state index contributed by atoms with van der Waals surface area (Å²) in [5.41, 5.74) is -0.944. The van der Waals surface area contributed by atoms with Crippen molar-refractivity contribution in [2.24, 2.45) is 0 Å². The molecule has 0 aromatic carbocycles. The third-order valence-corrected chi connectivity index (χ3v) is 1.83. The number of methoxy groups -OCH3 is 1. The Hall–Kier alpha value is -1.60. The smallest absolute Gasteiger partial charge is 0.495 e. The topological polar surface area (TPSA) is 31.4 Å². The maximum atomic E-state index is 12.5. The van der Waals surface area contributed by atoms with Gasteiger partial charge in [0.2, 0.25) is 5.88 Å². The van der Waals surface area contributed by atoms with Gasteiger partial charge in [0, 0.05) is 0 Å². The van der Waals surface area contributed by atoms with Gasteiger partial charge in [-0.05, 0) is 13.0 Å². The predicted octanol–water partition coefficient (Wildman–Crippen LogP) is 3.23. The summed E-state index contributed by atoms with van der Waals surface area (Å²) >= 11 is 0. The van der Waals surface area contributed by atoms with Crippen LogP contribution in [0.1, 0.15) is 17.7 Å². The third kappa shape index (κ3) is 3.43. The van der Waals surface area contributed by atoms with Crippen molar-refractivity contribution in [3.8, 4) is 11.6 Å². The zero-order valence-corrected chi connectivity index (χ0v) is 8.81. The number of nitrogens with zero attached hydrogens (tertiary/aromatic N) is 1. The highest BCUT2D eigenvalue weighted by molar-refractivity contribution is 5.39. The van der Waals surface area contributed by atoms with E-state index in [-0.39, 0.29) is 11.4 Å². The quantitative estimate of drug-likeness (QED) is 0.779. The molecule has 1 heterocycles. The van der Waals surface area contributed by atoms with E-state index in [1.807, 2.05) is 0 Å². The van der Waals surface area contributed by atoms with E-state index in [1.165, 1.54) is 14.0 Å². The molecule has 0 amide bonds. The summed E-state index contributed by atoms with van der Waals surface area (Å²) in [5, 5.41) is 0. The minimum Gasteiger partial charge on any atom is -0.495 e. The summed E-state index contributed by atoms with van der Waals surface area (Å²) in [5.74, 6) is -1.19. The molecule has 0 aliphatic carbocycles. The van der Waals surface area contributed by atoms with Crippen LogP contribution in [0.25, 0.3) is 0 Å². The standard InChI is InChI=1S/C9H8F5NO2/c1-4-6(16-2)3-5(7(10)11)8(15-4)17-9(12,13)14/h3,7H,1-2H3. The fourth-order valence-electron chi connectivity index (χ4n) is 1.13. The number of alkyl halides is 5. The van der Waals surface area contributed by atoms with Crippen LogP contribution in [0.5, 0.6) is 11.6 Å². The normalized spacial score (nSPS) is 11.8. The number of hydrogen-bond donors (Lipinski definition) is 0. The second-order valence-corrected chi connectivity index (χ2v) is 3.02. The van der Waals surface area contributed by atoms with Crippen LogP contribution in [0, 0.1) is 6.92 Å². The number of halogens is 5. The number of pyridine rings is 1. The Labute approximate surface area is 93.2 Å². The largest absolute Gasteiger partial charge is 0.574 e. The number of ether oxygens (including phenoxy) is 2. The van der Waals surface area contributed by atoms with Gasteiger partial charge in [-0.25, -0.2) is 13.8 Å². The van der Waals surface area contributed by atoms with Gasteiger partial charge in [-0.1, -0.05) is 0 Å². The molecule has 3 nitrogen and oxygen atoms in total. The molecule has 0 atom stereocenters. The van der Waals surface area contributed by atoms with Gasteiger partial charge in [0.05, 0.1) is 18.4 Å². The second kappa shape index (κ2) is 4.72. The van der Waals surface area contributed by atoms with Gasteiger partial charge in [0.15, 0.2) is 0 Å². The number of hydrogen-bond acceptors (Lipinski definition) is 3. The van der Waals surface area contributed by atoms with Crippen LogP contribution in [-0.2, 0) is 0 Å². The maximum absolute atomic E-state index is 12.5. The van der Waals surface area contributed by atoms with Gasteiger partial charge >= 0.3 is 6.36 Å². The van der Waals surface area contributed by atoms with E-state index in [2.05, 4.69) is 14.5 Å². The average molecular weight is 257 g/mol. The molecular formula is C9H8F5NO2. The number of aryl methyl sites for hydroxylation is 1. The minimum atomic E-state index is -5.07. The fourth-order valence-corrected chi connectivity index (χ4v) is 1.13. The highest BCUT2D eigenvalue weighted by Crippen LogP contribution is 2.34. The Bertz CT molecular complexity index is 405. The summed E-state index contributed by atoms with van der Waals surface area (Å²) < 4.78 is 69.0. The van der Waals surface area contributed by atoms with Crippen molar-refractivity contribution in [1.82, 2.24) is 4.98 Å². The van der Waals surface area contributed by atoms with Crippen LogP contribution >= 0.6 is 0 Å². The van der Waals surface area contributed by atoms with Crippen LogP contribution < -0.4 is 9.47 Å². The van der Waals surface area contributed by atoms with Gasteiger partial charge < -0.3 is 9.47 Å². The lowest BCUT2D eigenvalue weighted by molar-refractivity contribution is -0.276. The molecule has 0 saturated heterocycles. The molecule has 0 bridgehead atoms. The Kier molecular flexibility index (Phi) is 3.74. The molecule has 1 aromatic rings. The molecule has 0 spiro atoms. The van der Waals surface area contributed by atoms with Crippen LogP contribution in [0.15, 0.2) is 6.07 Å². The predicted molar refractivity (Wildman–Crippen MR) is 47.2 cm³/mol. The molecule has 17 heavy (non-hydrogen) atoms.